The summed E-state index contributed by atoms with van der Waals surface area (Å²) in [5.41, 5.74) is 7.57. The minimum atomic E-state index is -0.347. The zero-order valence-electron chi connectivity index (χ0n) is 12.2. The van der Waals surface area contributed by atoms with Crippen molar-refractivity contribution in [3.8, 4) is 0 Å². The molecule has 5 nitrogen and oxygen atoms in total. The maximum atomic E-state index is 12.2. The summed E-state index contributed by atoms with van der Waals surface area (Å²) in [6, 6.07) is 5.76. The highest BCUT2D eigenvalue weighted by Crippen LogP contribution is 2.17. The third-order valence-corrected chi connectivity index (χ3v) is 2.87. The Balaban J connectivity index is 2.65. The van der Waals surface area contributed by atoms with E-state index in [4.69, 9.17) is 5.73 Å². The van der Waals surface area contributed by atoms with Gasteiger partial charge in [0.1, 0.15) is 0 Å². The van der Waals surface area contributed by atoms with E-state index in [-0.39, 0.29) is 18.2 Å². The van der Waals surface area contributed by atoms with Crippen LogP contribution in [0.4, 0.5) is 5.69 Å². The van der Waals surface area contributed by atoms with Crippen LogP contribution in [0.1, 0.15) is 42.1 Å². The maximum absolute atomic E-state index is 12.2. The topological polar surface area (TPSA) is 84.2 Å². The van der Waals surface area contributed by atoms with Crippen molar-refractivity contribution in [2.75, 3.05) is 18.4 Å². The normalized spacial score (nSPS) is 10.1. The lowest BCUT2D eigenvalue weighted by molar-refractivity contribution is -0.118. The summed E-state index contributed by atoms with van der Waals surface area (Å²) >= 11 is 0. The first-order valence-corrected chi connectivity index (χ1v) is 6.95. The van der Waals surface area contributed by atoms with Gasteiger partial charge in [0.25, 0.3) is 5.91 Å². The average molecular weight is 277 g/mol. The summed E-state index contributed by atoms with van der Waals surface area (Å²) in [6.07, 6.45) is 1.84. The summed E-state index contributed by atoms with van der Waals surface area (Å²) in [4.78, 5) is 22.8. The lowest BCUT2D eigenvalue weighted by Crippen LogP contribution is -2.26. The van der Waals surface area contributed by atoms with Crippen LogP contribution >= 0.6 is 0 Å². The Bertz CT molecular complexity index is 472. The first-order chi connectivity index (χ1) is 9.54. The van der Waals surface area contributed by atoms with Gasteiger partial charge in [0, 0.05) is 25.2 Å². The van der Waals surface area contributed by atoms with Gasteiger partial charge in [0.05, 0.1) is 5.56 Å². The molecule has 110 valence electrons. The molecule has 0 aromatic heterocycles. The van der Waals surface area contributed by atoms with Crippen molar-refractivity contribution in [2.24, 2.45) is 5.73 Å². The summed E-state index contributed by atoms with van der Waals surface area (Å²) in [5.74, 6) is -0.475. The van der Waals surface area contributed by atoms with E-state index in [1.807, 2.05) is 25.1 Å². The van der Waals surface area contributed by atoms with E-state index in [1.165, 1.54) is 0 Å². The second-order valence-corrected chi connectivity index (χ2v) is 4.80. The molecule has 0 fully saturated rings. The first kappa shape index (κ1) is 16.0. The summed E-state index contributed by atoms with van der Waals surface area (Å²) in [6.45, 7) is 5.30. The molecule has 0 unspecified atom stereocenters. The van der Waals surface area contributed by atoms with Crippen LogP contribution in [0.15, 0.2) is 18.2 Å². The van der Waals surface area contributed by atoms with E-state index in [2.05, 4.69) is 17.6 Å². The van der Waals surface area contributed by atoms with Crippen LogP contribution in [0.25, 0.3) is 0 Å². The van der Waals surface area contributed by atoms with Gasteiger partial charge in [-0.2, -0.15) is 0 Å². The average Bonchev–Trinajstić information content (AvgIpc) is 2.41. The Hall–Kier alpha value is -2.04. The molecular formula is C15H23N3O2. The molecule has 0 aliphatic rings. The molecule has 1 aromatic carbocycles. The molecule has 0 bridgehead atoms. The van der Waals surface area contributed by atoms with Crippen LogP contribution in [0, 0.1) is 6.92 Å². The lowest BCUT2D eigenvalue weighted by Gasteiger charge is -2.12. The van der Waals surface area contributed by atoms with E-state index in [0.29, 0.717) is 18.5 Å². The summed E-state index contributed by atoms with van der Waals surface area (Å²) < 4.78 is 0. The molecule has 0 radical (unpaired) electrons. The molecule has 1 rings (SSSR count). The van der Waals surface area contributed by atoms with Gasteiger partial charge >= 0.3 is 0 Å². The molecule has 0 aliphatic carbocycles. The van der Waals surface area contributed by atoms with Crippen LogP contribution in [0.3, 0.4) is 0 Å². The summed E-state index contributed by atoms with van der Waals surface area (Å²) in [7, 11) is 0. The van der Waals surface area contributed by atoms with Gasteiger partial charge in [-0.3, -0.25) is 9.59 Å². The molecule has 0 atom stereocenters. The third kappa shape index (κ3) is 5.30. The fourth-order valence-electron chi connectivity index (χ4n) is 1.82. The quantitative estimate of drug-likeness (QED) is 0.634. The fraction of sp³-hybridized carbons (Fsp3) is 0.467. The van der Waals surface area contributed by atoms with Gasteiger partial charge in [-0.25, -0.2) is 0 Å². The van der Waals surface area contributed by atoms with Crippen LogP contribution in [-0.4, -0.2) is 24.9 Å². The van der Waals surface area contributed by atoms with Crippen LogP contribution < -0.4 is 16.4 Å². The minimum Gasteiger partial charge on any atom is -0.384 e. The number of aryl methyl sites for hydroxylation is 1. The summed E-state index contributed by atoms with van der Waals surface area (Å²) in [5, 5.41) is 6.06. The van der Waals surface area contributed by atoms with Crippen molar-refractivity contribution in [3.63, 3.8) is 0 Å². The monoisotopic (exact) mass is 277 g/mol. The highest BCUT2D eigenvalue weighted by atomic mass is 16.2. The number of hydrogen-bond acceptors (Lipinski definition) is 3. The molecule has 5 heteroatoms. The van der Waals surface area contributed by atoms with Crippen molar-refractivity contribution in [1.82, 2.24) is 5.32 Å². The number of nitrogens with two attached hydrogens (primary N) is 1. The van der Waals surface area contributed by atoms with Crippen LogP contribution in [0.5, 0.6) is 0 Å². The van der Waals surface area contributed by atoms with Gasteiger partial charge in [0.15, 0.2) is 0 Å². The largest absolute Gasteiger partial charge is 0.384 e. The molecule has 0 saturated carbocycles. The second-order valence-electron chi connectivity index (χ2n) is 4.80. The molecule has 2 amide bonds. The van der Waals surface area contributed by atoms with Gasteiger partial charge in [0.2, 0.25) is 5.91 Å². The van der Waals surface area contributed by atoms with E-state index in [1.54, 1.807) is 0 Å². The third-order valence-electron chi connectivity index (χ3n) is 2.87. The molecule has 0 heterocycles. The Morgan fingerprint density at radius 2 is 2.00 bits per heavy atom. The second kappa shape index (κ2) is 8.19. The predicted octanol–water partition coefficient (Wildman–Crippen LogP) is 1.81. The van der Waals surface area contributed by atoms with E-state index >= 15 is 0 Å². The standard InChI is InChI=1S/C15H23N3O2/c1-3-8-17-13-7-6-11(2)10-12(13)15(20)18-9-4-5-14(16)19/h6-7,10,17H,3-5,8-9H2,1-2H3,(H2,16,19)(H,18,20). The van der Waals surface area contributed by atoms with Gasteiger partial charge in [-0.1, -0.05) is 18.6 Å². The molecule has 4 N–H and O–H groups in total. The number of carbonyl (C=O) groups is 2. The number of anilines is 1. The Morgan fingerprint density at radius 1 is 1.25 bits per heavy atom. The molecule has 0 saturated heterocycles. The molecular weight excluding hydrogens is 254 g/mol. The Kier molecular flexibility index (Phi) is 6.56. The van der Waals surface area contributed by atoms with E-state index < -0.39 is 0 Å². The van der Waals surface area contributed by atoms with Crippen molar-refractivity contribution in [3.05, 3.63) is 29.3 Å². The smallest absolute Gasteiger partial charge is 0.253 e. The number of hydrogen-bond donors (Lipinski definition) is 3. The Morgan fingerprint density at radius 3 is 2.65 bits per heavy atom. The van der Waals surface area contributed by atoms with Gasteiger partial charge in [-0.05, 0) is 31.9 Å². The number of benzene rings is 1. The predicted molar refractivity (Wildman–Crippen MR) is 80.7 cm³/mol. The number of primary amides is 1. The Labute approximate surface area is 119 Å². The van der Waals surface area contributed by atoms with E-state index in [9.17, 15) is 9.59 Å². The van der Waals surface area contributed by atoms with Crippen molar-refractivity contribution < 1.29 is 9.59 Å². The fourth-order valence-corrected chi connectivity index (χ4v) is 1.82. The SMILES string of the molecule is CCCNc1ccc(C)cc1C(=O)NCCCC(N)=O. The molecule has 0 spiro atoms. The zero-order valence-corrected chi connectivity index (χ0v) is 12.2. The minimum absolute atomic E-state index is 0.128. The highest BCUT2D eigenvalue weighted by molar-refractivity contribution is 5.99. The number of nitrogens with one attached hydrogen (secondary N) is 2. The van der Waals surface area contributed by atoms with Crippen molar-refractivity contribution in [1.29, 1.82) is 0 Å². The number of carbonyl (C=O) groups excluding carboxylic acids is 2. The number of rotatable bonds is 8. The lowest BCUT2D eigenvalue weighted by atomic mass is 10.1. The zero-order chi connectivity index (χ0) is 15.0. The van der Waals surface area contributed by atoms with Gasteiger partial charge in [-0.15, -0.1) is 0 Å². The maximum Gasteiger partial charge on any atom is 0.253 e. The van der Waals surface area contributed by atoms with Crippen LogP contribution in [0.2, 0.25) is 0 Å². The highest BCUT2D eigenvalue weighted by Gasteiger charge is 2.11. The van der Waals surface area contributed by atoms with Crippen LogP contribution in [-0.2, 0) is 4.79 Å². The molecule has 1 aromatic rings. The number of amides is 2. The van der Waals surface area contributed by atoms with Crippen molar-refractivity contribution >= 4 is 17.5 Å². The first-order valence-electron chi connectivity index (χ1n) is 6.95. The van der Waals surface area contributed by atoms with Gasteiger partial charge < -0.3 is 16.4 Å². The van der Waals surface area contributed by atoms with Crippen molar-refractivity contribution in [2.45, 2.75) is 33.1 Å². The molecule has 0 aliphatic heterocycles. The van der Waals surface area contributed by atoms with E-state index in [0.717, 1.165) is 24.2 Å². The molecule has 20 heavy (non-hydrogen) atoms.